The Morgan fingerprint density at radius 3 is 2.31 bits per heavy atom. The van der Waals surface area contributed by atoms with Gasteiger partial charge in [0.1, 0.15) is 11.6 Å². The molecule has 1 aliphatic carbocycles. The highest BCUT2D eigenvalue weighted by atomic mass is 35.5. The molecule has 0 saturated carbocycles. The molecule has 0 N–H and O–H groups in total. The highest BCUT2D eigenvalue weighted by Crippen LogP contribution is 2.30. The van der Waals surface area contributed by atoms with Crippen LogP contribution >= 0.6 is 12.4 Å². The lowest BCUT2D eigenvalue weighted by atomic mass is 9.85. The van der Waals surface area contributed by atoms with E-state index in [1.807, 2.05) is 12.1 Å². The lowest BCUT2D eigenvalue weighted by molar-refractivity contribution is 0.102. The maximum Gasteiger partial charge on any atom is 0.189 e. The van der Waals surface area contributed by atoms with Crippen molar-refractivity contribution in [2.24, 2.45) is 0 Å². The summed E-state index contributed by atoms with van der Waals surface area (Å²) < 4.78 is 26.8. The Hall–Kier alpha value is -2.24. The fourth-order valence-corrected chi connectivity index (χ4v) is 4.08. The van der Waals surface area contributed by atoms with E-state index < -0.39 is 11.6 Å². The fourth-order valence-electron chi connectivity index (χ4n) is 4.08. The average molecular weight is 419 g/mol. The smallest absolute Gasteiger partial charge is 0.189 e. The van der Waals surface area contributed by atoms with Crippen LogP contribution in [0.3, 0.4) is 0 Å². The zero-order valence-corrected chi connectivity index (χ0v) is 17.3. The van der Waals surface area contributed by atoms with Crippen molar-refractivity contribution < 1.29 is 13.6 Å². The minimum atomic E-state index is -0.636. The van der Waals surface area contributed by atoms with Gasteiger partial charge < -0.3 is 9.80 Å². The highest BCUT2D eigenvalue weighted by molar-refractivity contribution is 6.13. The summed E-state index contributed by atoms with van der Waals surface area (Å²) in [6, 6.07) is 9.38. The standard InChI is InChI=1S/C23H24F2N2O.ClH/c1-2-26-7-9-27(10-8-26)21-5-6-22-17(14-21)3-4-18(23(22)28)11-16-12-19(24)15-20(25)13-16;/h5-6,11-15H,2-4,7-10H2,1H3;1H/b18-11+;. The van der Waals surface area contributed by atoms with Crippen LogP contribution in [-0.2, 0) is 6.42 Å². The van der Waals surface area contributed by atoms with Gasteiger partial charge >= 0.3 is 0 Å². The Morgan fingerprint density at radius 2 is 1.66 bits per heavy atom. The Balaban J connectivity index is 0.00000240. The molecule has 1 fully saturated rings. The molecule has 3 nitrogen and oxygen atoms in total. The van der Waals surface area contributed by atoms with E-state index in [0.717, 1.165) is 50.8 Å². The second-order valence-electron chi connectivity index (χ2n) is 7.46. The number of nitrogens with zero attached hydrogens (tertiary/aromatic N) is 2. The fraction of sp³-hybridized carbons (Fsp3) is 0.348. The molecule has 2 aromatic carbocycles. The molecule has 1 aliphatic heterocycles. The Bertz CT molecular complexity index is 916. The number of carbonyl (C=O) groups excluding carboxylic acids is 1. The Kier molecular flexibility index (Phi) is 6.70. The van der Waals surface area contributed by atoms with E-state index in [0.29, 0.717) is 23.1 Å². The van der Waals surface area contributed by atoms with Gasteiger partial charge in [-0.25, -0.2) is 8.78 Å². The molecular formula is C23H25ClF2N2O. The van der Waals surface area contributed by atoms with Gasteiger partial charge in [0.05, 0.1) is 0 Å². The SMILES string of the molecule is CCN1CCN(c2ccc3c(c2)CC/C(=C\c2cc(F)cc(F)c2)C3=O)CC1.Cl. The summed E-state index contributed by atoms with van der Waals surface area (Å²) in [6.45, 7) is 7.38. The van der Waals surface area contributed by atoms with Gasteiger partial charge in [-0.2, -0.15) is 0 Å². The van der Waals surface area contributed by atoms with Gasteiger partial charge in [-0.15, -0.1) is 12.4 Å². The lowest BCUT2D eigenvalue weighted by Gasteiger charge is -2.36. The number of rotatable bonds is 3. The number of halogens is 3. The zero-order valence-electron chi connectivity index (χ0n) is 16.5. The number of likely N-dealkylation sites (N-methyl/N-ethyl adjacent to an activating group) is 1. The molecule has 1 saturated heterocycles. The molecule has 0 spiro atoms. The predicted molar refractivity (Wildman–Crippen MR) is 115 cm³/mol. The van der Waals surface area contributed by atoms with Crippen molar-refractivity contribution in [1.29, 1.82) is 0 Å². The van der Waals surface area contributed by atoms with Gasteiger partial charge in [-0.3, -0.25) is 4.79 Å². The van der Waals surface area contributed by atoms with Gasteiger partial charge in [0.15, 0.2) is 5.78 Å². The number of carbonyl (C=O) groups is 1. The number of benzene rings is 2. The van der Waals surface area contributed by atoms with Gasteiger partial charge in [0.2, 0.25) is 0 Å². The summed E-state index contributed by atoms with van der Waals surface area (Å²) in [6.07, 6.45) is 2.94. The molecule has 29 heavy (non-hydrogen) atoms. The molecule has 2 aromatic rings. The van der Waals surface area contributed by atoms with Crippen molar-refractivity contribution in [2.45, 2.75) is 19.8 Å². The van der Waals surface area contributed by atoms with Crippen molar-refractivity contribution in [3.8, 4) is 0 Å². The zero-order chi connectivity index (χ0) is 19.7. The summed E-state index contributed by atoms with van der Waals surface area (Å²) in [5.41, 5.74) is 3.91. The topological polar surface area (TPSA) is 23.6 Å². The number of ketones is 1. The van der Waals surface area contributed by atoms with Gasteiger partial charge in [0.25, 0.3) is 0 Å². The first-order valence-corrected chi connectivity index (χ1v) is 9.85. The normalized spacial score (nSPS) is 18.5. The first kappa shape index (κ1) is 21.5. The second kappa shape index (κ2) is 9.06. The van der Waals surface area contributed by atoms with Crippen molar-refractivity contribution in [2.75, 3.05) is 37.6 Å². The lowest BCUT2D eigenvalue weighted by Crippen LogP contribution is -2.46. The summed E-state index contributed by atoms with van der Waals surface area (Å²) in [5, 5.41) is 0. The number of Topliss-reactive ketones (excluding diaryl/α,β-unsaturated/α-hetero) is 1. The van der Waals surface area contributed by atoms with Crippen molar-refractivity contribution in [3.63, 3.8) is 0 Å². The number of fused-ring (bicyclic) bond motifs is 1. The van der Waals surface area contributed by atoms with E-state index in [1.165, 1.54) is 17.8 Å². The average Bonchev–Trinajstić information content (AvgIpc) is 2.69. The molecule has 2 aliphatic rings. The van der Waals surface area contributed by atoms with E-state index in [4.69, 9.17) is 0 Å². The third kappa shape index (κ3) is 4.68. The molecule has 0 unspecified atom stereocenters. The maximum atomic E-state index is 13.4. The first-order chi connectivity index (χ1) is 13.5. The first-order valence-electron chi connectivity index (χ1n) is 9.85. The molecular weight excluding hydrogens is 394 g/mol. The third-order valence-corrected chi connectivity index (χ3v) is 5.70. The molecule has 6 heteroatoms. The van der Waals surface area contributed by atoms with Crippen LogP contribution in [-0.4, -0.2) is 43.4 Å². The quantitative estimate of drug-likeness (QED) is 0.672. The third-order valence-electron chi connectivity index (χ3n) is 5.70. The van der Waals surface area contributed by atoms with E-state index in [9.17, 15) is 13.6 Å². The predicted octanol–water partition coefficient (Wildman–Crippen LogP) is 4.74. The monoisotopic (exact) mass is 418 g/mol. The van der Waals surface area contributed by atoms with E-state index in [1.54, 1.807) is 6.08 Å². The molecule has 0 aromatic heterocycles. The van der Waals surface area contributed by atoms with E-state index in [2.05, 4.69) is 22.8 Å². The molecule has 1 heterocycles. The number of hydrogen-bond donors (Lipinski definition) is 0. The second-order valence-corrected chi connectivity index (χ2v) is 7.46. The van der Waals surface area contributed by atoms with Crippen LogP contribution in [0.15, 0.2) is 42.0 Å². The number of allylic oxidation sites excluding steroid dienone is 1. The number of piperazine rings is 1. The van der Waals surface area contributed by atoms with Crippen molar-refractivity contribution in [1.82, 2.24) is 4.90 Å². The van der Waals surface area contributed by atoms with Crippen LogP contribution in [0, 0.1) is 11.6 Å². The molecule has 0 radical (unpaired) electrons. The van der Waals surface area contributed by atoms with Crippen LogP contribution in [0.1, 0.15) is 34.8 Å². The van der Waals surface area contributed by atoms with Gasteiger partial charge in [-0.1, -0.05) is 6.92 Å². The maximum absolute atomic E-state index is 13.4. The van der Waals surface area contributed by atoms with E-state index in [-0.39, 0.29) is 18.2 Å². The molecule has 4 rings (SSSR count). The minimum Gasteiger partial charge on any atom is -0.369 e. The van der Waals surface area contributed by atoms with Crippen LogP contribution in [0.25, 0.3) is 6.08 Å². The largest absolute Gasteiger partial charge is 0.369 e. The van der Waals surface area contributed by atoms with Crippen LogP contribution in [0.4, 0.5) is 14.5 Å². The molecule has 0 atom stereocenters. The van der Waals surface area contributed by atoms with Crippen LogP contribution < -0.4 is 4.90 Å². The van der Waals surface area contributed by atoms with Crippen LogP contribution in [0.2, 0.25) is 0 Å². The highest BCUT2D eigenvalue weighted by Gasteiger charge is 2.24. The van der Waals surface area contributed by atoms with Crippen molar-refractivity contribution in [3.05, 3.63) is 70.3 Å². The van der Waals surface area contributed by atoms with Crippen molar-refractivity contribution >= 4 is 30.0 Å². The number of hydrogen-bond acceptors (Lipinski definition) is 3. The summed E-state index contributed by atoms with van der Waals surface area (Å²) >= 11 is 0. The Labute approximate surface area is 176 Å². The van der Waals surface area contributed by atoms with Gasteiger partial charge in [0, 0.05) is 49.1 Å². The van der Waals surface area contributed by atoms with E-state index >= 15 is 0 Å². The molecule has 154 valence electrons. The Morgan fingerprint density at radius 1 is 0.966 bits per heavy atom. The summed E-state index contributed by atoms with van der Waals surface area (Å²) in [7, 11) is 0. The van der Waals surface area contributed by atoms with Crippen LogP contribution in [0.5, 0.6) is 0 Å². The molecule has 0 amide bonds. The number of aryl methyl sites for hydroxylation is 1. The number of anilines is 1. The summed E-state index contributed by atoms with van der Waals surface area (Å²) in [4.78, 5) is 17.7. The molecule has 0 bridgehead atoms. The van der Waals surface area contributed by atoms with Gasteiger partial charge in [-0.05, 0) is 66.9 Å². The summed E-state index contributed by atoms with van der Waals surface area (Å²) in [5.74, 6) is -1.32. The minimum absolute atomic E-state index is 0.